The van der Waals surface area contributed by atoms with Crippen LogP contribution in [0.15, 0.2) is 16.6 Å². The molecule has 2 aliphatic heterocycles. The smallest absolute Gasteiger partial charge is 0.344 e. The first-order valence-electron chi connectivity index (χ1n) is 7.35. The molecule has 2 saturated heterocycles. The van der Waals surface area contributed by atoms with E-state index in [1.807, 2.05) is 0 Å². The third kappa shape index (κ3) is 2.92. The van der Waals surface area contributed by atoms with E-state index >= 15 is 0 Å². The predicted molar refractivity (Wildman–Crippen MR) is 86.8 cm³/mol. The number of esters is 1. The van der Waals surface area contributed by atoms with Crippen LogP contribution in [0.3, 0.4) is 0 Å². The summed E-state index contributed by atoms with van der Waals surface area (Å²) in [5.74, 6) is -0.702. The van der Waals surface area contributed by atoms with E-state index in [0.29, 0.717) is 9.89 Å². The van der Waals surface area contributed by atoms with Crippen molar-refractivity contribution in [1.82, 2.24) is 0 Å². The molecule has 0 amide bonds. The number of nitro benzene ring substituents is 1. The molecule has 0 aromatic heterocycles. The number of piperidine rings is 1. The Kier molecular flexibility index (Phi) is 4.29. The molecule has 7 nitrogen and oxygen atoms in total. The minimum atomic E-state index is -0.702. The summed E-state index contributed by atoms with van der Waals surface area (Å²) in [5, 5.41) is 11.2. The summed E-state index contributed by atoms with van der Waals surface area (Å²) < 4.78 is 10.6. The topological polar surface area (TPSA) is 81.9 Å². The molecule has 124 valence electrons. The summed E-state index contributed by atoms with van der Waals surface area (Å²) in [5.41, 5.74) is 0.803. The minimum absolute atomic E-state index is 0.0250. The van der Waals surface area contributed by atoms with E-state index < -0.39 is 10.9 Å². The van der Waals surface area contributed by atoms with Gasteiger partial charge in [-0.1, -0.05) is 0 Å². The largest absolute Gasteiger partial charge is 0.465 e. The van der Waals surface area contributed by atoms with Gasteiger partial charge in [-0.15, -0.1) is 0 Å². The van der Waals surface area contributed by atoms with Crippen LogP contribution in [0.1, 0.15) is 23.2 Å². The summed E-state index contributed by atoms with van der Waals surface area (Å²) in [6, 6.07) is 2.92. The Hall–Kier alpha value is -1.67. The molecule has 0 radical (unpaired) electrons. The van der Waals surface area contributed by atoms with Crippen molar-refractivity contribution in [1.29, 1.82) is 0 Å². The van der Waals surface area contributed by atoms with Gasteiger partial charge in [0.25, 0.3) is 5.69 Å². The van der Waals surface area contributed by atoms with Gasteiger partial charge in [0, 0.05) is 29.0 Å². The molecular formula is C15H17BrN2O5. The van der Waals surface area contributed by atoms with E-state index in [1.165, 1.54) is 13.2 Å². The summed E-state index contributed by atoms with van der Waals surface area (Å²) >= 11 is 3.39. The molecule has 0 unspecified atom stereocenters. The third-order valence-corrected chi connectivity index (χ3v) is 5.28. The first-order valence-corrected chi connectivity index (χ1v) is 8.14. The number of ether oxygens (including phenoxy) is 2. The zero-order valence-corrected chi connectivity index (χ0v) is 14.3. The highest BCUT2D eigenvalue weighted by atomic mass is 79.9. The van der Waals surface area contributed by atoms with Gasteiger partial charge in [-0.05, 0) is 34.8 Å². The maximum absolute atomic E-state index is 11.9. The molecule has 1 aromatic carbocycles. The molecule has 3 rings (SSSR count). The highest BCUT2D eigenvalue weighted by Gasteiger charge is 2.41. The third-order valence-electron chi connectivity index (χ3n) is 4.65. The van der Waals surface area contributed by atoms with Crippen molar-refractivity contribution >= 4 is 33.3 Å². The Morgan fingerprint density at radius 3 is 2.52 bits per heavy atom. The zero-order chi connectivity index (χ0) is 16.6. The molecule has 0 atom stereocenters. The molecule has 2 fully saturated rings. The van der Waals surface area contributed by atoms with Gasteiger partial charge in [0.1, 0.15) is 5.56 Å². The van der Waals surface area contributed by atoms with E-state index in [1.54, 1.807) is 6.07 Å². The van der Waals surface area contributed by atoms with Crippen LogP contribution in [-0.2, 0) is 9.47 Å². The molecule has 0 saturated carbocycles. The van der Waals surface area contributed by atoms with Gasteiger partial charge < -0.3 is 14.4 Å². The number of halogens is 1. The normalized spacial score (nSPS) is 19.3. The van der Waals surface area contributed by atoms with Gasteiger partial charge >= 0.3 is 5.97 Å². The lowest BCUT2D eigenvalue weighted by Gasteiger charge is -2.48. The number of carbonyl (C=O) groups is 1. The van der Waals surface area contributed by atoms with Crippen molar-refractivity contribution in [3.8, 4) is 0 Å². The second-order valence-electron chi connectivity index (χ2n) is 6.05. The number of nitrogens with zero attached hydrogens (tertiary/aromatic N) is 2. The fourth-order valence-electron chi connectivity index (χ4n) is 3.12. The van der Waals surface area contributed by atoms with Crippen LogP contribution in [-0.4, -0.2) is 44.3 Å². The van der Waals surface area contributed by atoms with Crippen LogP contribution in [0.4, 0.5) is 11.4 Å². The highest BCUT2D eigenvalue weighted by Crippen LogP contribution is 2.42. The molecule has 1 aromatic rings. The quantitative estimate of drug-likeness (QED) is 0.452. The molecule has 2 heterocycles. The lowest BCUT2D eigenvalue weighted by molar-refractivity contribution is -0.385. The number of hydrogen-bond acceptors (Lipinski definition) is 6. The lowest BCUT2D eigenvalue weighted by Crippen LogP contribution is -2.51. The summed E-state index contributed by atoms with van der Waals surface area (Å²) in [7, 11) is 1.22. The number of methoxy groups -OCH3 is 1. The van der Waals surface area contributed by atoms with Crippen molar-refractivity contribution < 1.29 is 19.2 Å². The minimum Gasteiger partial charge on any atom is -0.465 e. The Morgan fingerprint density at radius 1 is 1.39 bits per heavy atom. The number of nitro groups is 1. The molecule has 0 aliphatic carbocycles. The first kappa shape index (κ1) is 16.2. The molecule has 1 spiro atoms. The van der Waals surface area contributed by atoms with Gasteiger partial charge in [0.05, 0.1) is 30.9 Å². The fourth-order valence-corrected chi connectivity index (χ4v) is 3.70. The van der Waals surface area contributed by atoms with Gasteiger partial charge in [-0.25, -0.2) is 4.79 Å². The Labute approximate surface area is 141 Å². The van der Waals surface area contributed by atoms with Gasteiger partial charge in [0.15, 0.2) is 0 Å². The van der Waals surface area contributed by atoms with Crippen LogP contribution in [0.25, 0.3) is 0 Å². The fraction of sp³-hybridized carbons (Fsp3) is 0.533. The highest BCUT2D eigenvalue weighted by molar-refractivity contribution is 9.10. The summed E-state index contributed by atoms with van der Waals surface area (Å²) in [6.45, 7) is 3.30. The summed E-state index contributed by atoms with van der Waals surface area (Å²) in [4.78, 5) is 24.6. The van der Waals surface area contributed by atoms with Crippen LogP contribution in [0.5, 0.6) is 0 Å². The average Bonchev–Trinajstić information content (AvgIpc) is 2.52. The standard InChI is InChI=1S/C15H17BrN2O5/c1-22-14(19)10-6-13(11(16)7-12(10)18(20)21)17-4-2-15(3-5-17)8-23-9-15/h6-7H,2-5,8-9H2,1H3. The van der Waals surface area contributed by atoms with E-state index in [-0.39, 0.29) is 11.3 Å². The molecular weight excluding hydrogens is 368 g/mol. The van der Waals surface area contributed by atoms with Gasteiger partial charge in [-0.3, -0.25) is 10.1 Å². The first-order chi connectivity index (χ1) is 11.0. The lowest BCUT2D eigenvalue weighted by atomic mass is 9.77. The molecule has 23 heavy (non-hydrogen) atoms. The zero-order valence-electron chi connectivity index (χ0n) is 12.7. The van der Waals surface area contributed by atoms with Crippen LogP contribution in [0, 0.1) is 15.5 Å². The van der Waals surface area contributed by atoms with E-state index in [9.17, 15) is 14.9 Å². The summed E-state index contributed by atoms with van der Waals surface area (Å²) in [6.07, 6.45) is 2.04. The van der Waals surface area contributed by atoms with Crippen molar-refractivity contribution in [2.45, 2.75) is 12.8 Å². The van der Waals surface area contributed by atoms with Crippen LogP contribution >= 0.6 is 15.9 Å². The maximum Gasteiger partial charge on any atom is 0.344 e. The van der Waals surface area contributed by atoms with Crippen molar-refractivity contribution in [2.75, 3.05) is 38.3 Å². The second kappa shape index (κ2) is 6.09. The number of hydrogen-bond donors (Lipinski definition) is 0. The van der Waals surface area contributed by atoms with Crippen molar-refractivity contribution in [3.63, 3.8) is 0 Å². The van der Waals surface area contributed by atoms with E-state index in [4.69, 9.17) is 4.74 Å². The number of anilines is 1. The Balaban J connectivity index is 1.90. The second-order valence-corrected chi connectivity index (χ2v) is 6.90. The molecule has 8 heteroatoms. The molecule has 0 N–H and O–H groups in total. The Morgan fingerprint density at radius 2 is 2.04 bits per heavy atom. The van der Waals surface area contributed by atoms with Crippen molar-refractivity contribution in [2.24, 2.45) is 5.41 Å². The van der Waals surface area contributed by atoms with Crippen molar-refractivity contribution in [3.05, 3.63) is 32.3 Å². The molecule has 0 bridgehead atoms. The Bertz CT molecular complexity index is 650. The predicted octanol–water partition coefficient (Wildman–Crippen LogP) is 2.76. The number of carbonyl (C=O) groups excluding carboxylic acids is 1. The average molecular weight is 385 g/mol. The van der Waals surface area contributed by atoms with Gasteiger partial charge in [0.2, 0.25) is 0 Å². The monoisotopic (exact) mass is 384 g/mol. The van der Waals surface area contributed by atoms with Crippen LogP contribution in [0.2, 0.25) is 0 Å². The van der Waals surface area contributed by atoms with Gasteiger partial charge in [-0.2, -0.15) is 0 Å². The van der Waals surface area contributed by atoms with Crippen LogP contribution < -0.4 is 4.90 Å². The SMILES string of the molecule is COC(=O)c1cc(N2CCC3(CC2)COC3)c(Br)cc1[N+](=O)[O-]. The van der Waals surface area contributed by atoms with E-state index in [0.717, 1.165) is 44.8 Å². The van der Waals surface area contributed by atoms with E-state index in [2.05, 4.69) is 25.6 Å². The maximum atomic E-state index is 11.9. The number of benzene rings is 1. The molecule has 2 aliphatic rings. The number of rotatable bonds is 3.